The minimum atomic E-state index is -4.50. The van der Waals surface area contributed by atoms with Crippen LogP contribution >= 0.6 is 11.6 Å². The van der Waals surface area contributed by atoms with Crippen molar-refractivity contribution in [2.75, 3.05) is 5.43 Å². The lowest BCUT2D eigenvalue weighted by Crippen LogP contribution is -2.06. The molecule has 0 saturated heterocycles. The van der Waals surface area contributed by atoms with Gasteiger partial charge in [0.1, 0.15) is 5.69 Å². The highest BCUT2D eigenvalue weighted by atomic mass is 35.5. The zero-order chi connectivity index (χ0) is 17.2. The number of para-hydroxylation sites is 2. The quantitative estimate of drug-likeness (QED) is 0.569. The summed E-state index contributed by atoms with van der Waals surface area (Å²) in [6.45, 7) is 0. The number of hydrogen-bond donors (Lipinski definition) is 1. The van der Waals surface area contributed by atoms with Gasteiger partial charge in [-0.25, -0.2) is 9.97 Å². The fourth-order valence-corrected chi connectivity index (χ4v) is 2.08. The molecule has 24 heavy (non-hydrogen) atoms. The molecule has 2 aromatic heterocycles. The smallest absolute Gasteiger partial charge is 0.260 e. The van der Waals surface area contributed by atoms with E-state index in [1.807, 2.05) is 18.2 Å². The maximum atomic E-state index is 12.5. The van der Waals surface area contributed by atoms with Crippen molar-refractivity contribution in [1.29, 1.82) is 0 Å². The van der Waals surface area contributed by atoms with Crippen LogP contribution in [0.5, 0.6) is 0 Å². The molecule has 9 heteroatoms. The number of hydrazone groups is 1. The molecule has 0 unspecified atom stereocenters. The van der Waals surface area contributed by atoms with Crippen LogP contribution in [0.1, 0.15) is 11.3 Å². The molecule has 0 bridgehead atoms. The number of benzene rings is 1. The molecule has 1 aromatic carbocycles. The van der Waals surface area contributed by atoms with E-state index in [1.54, 1.807) is 6.07 Å². The van der Waals surface area contributed by atoms with Gasteiger partial charge >= 0.3 is 6.18 Å². The van der Waals surface area contributed by atoms with E-state index in [0.29, 0.717) is 17.4 Å². The molecule has 0 saturated carbocycles. The minimum absolute atomic E-state index is 0.00895. The van der Waals surface area contributed by atoms with Gasteiger partial charge in [0.05, 0.1) is 34.0 Å². The zero-order valence-electron chi connectivity index (χ0n) is 11.9. The monoisotopic (exact) mass is 351 g/mol. The van der Waals surface area contributed by atoms with E-state index in [-0.39, 0.29) is 10.8 Å². The van der Waals surface area contributed by atoms with Crippen molar-refractivity contribution in [3.05, 3.63) is 59.0 Å². The first-order valence-electron chi connectivity index (χ1n) is 6.67. The predicted octanol–water partition coefficient (Wildman–Crippen LogP) is 4.14. The summed E-state index contributed by atoms with van der Waals surface area (Å²) in [4.78, 5) is 12.1. The number of halogens is 4. The van der Waals surface area contributed by atoms with E-state index in [1.165, 1.54) is 12.4 Å². The summed E-state index contributed by atoms with van der Waals surface area (Å²) in [7, 11) is 0. The van der Waals surface area contributed by atoms with Gasteiger partial charge < -0.3 is 0 Å². The lowest BCUT2D eigenvalue weighted by molar-refractivity contribution is -0.137. The van der Waals surface area contributed by atoms with Crippen LogP contribution in [-0.4, -0.2) is 21.2 Å². The van der Waals surface area contributed by atoms with E-state index in [9.17, 15) is 13.2 Å². The average Bonchev–Trinajstić information content (AvgIpc) is 2.55. The first kappa shape index (κ1) is 16.1. The van der Waals surface area contributed by atoms with E-state index < -0.39 is 11.7 Å². The Morgan fingerprint density at radius 1 is 1.08 bits per heavy atom. The Morgan fingerprint density at radius 3 is 2.54 bits per heavy atom. The largest absolute Gasteiger partial charge is 0.417 e. The fraction of sp³-hybridized carbons (Fsp3) is 0.0667. The van der Waals surface area contributed by atoms with E-state index >= 15 is 0 Å². The molecule has 3 rings (SSSR count). The molecule has 3 aromatic rings. The van der Waals surface area contributed by atoms with Gasteiger partial charge in [-0.3, -0.25) is 10.4 Å². The van der Waals surface area contributed by atoms with Crippen LogP contribution in [0.15, 0.2) is 47.8 Å². The van der Waals surface area contributed by atoms with Crippen LogP contribution in [0.25, 0.3) is 11.0 Å². The number of pyridine rings is 1. The second kappa shape index (κ2) is 6.40. The molecule has 0 atom stereocenters. The maximum absolute atomic E-state index is 12.5. The molecule has 0 fully saturated rings. The summed E-state index contributed by atoms with van der Waals surface area (Å²) in [5.74, 6) is 0.00895. The maximum Gasteiger partial charge on any atom is 0.417 e. The second-order valence-electron chi connectivity index (χ2n) is 4.71. The normalized spacial score (nSPS) is 12.0. The molecule has 2 heterocycles. The number of nitrogens with zero attached hydrogens (tertiary/aromatic N) is 4. The third-order valence-corrected chi connectivity index (χ3v) is 3.29. The van der Waals surface area contributed by atoms with Gasteiger partial charge in [-0.1, -0.05) is 23.7 Å². The molecular formula is C15H9ClF3N5. The Balaban J connectivity index is 1.75. The first-order chi connectivity index (χ1) is 11.4. The average molecular weight is 352 g/mol. The molecule has 0 amide bonds. The summed E-state index contributed by atoms with van der Waals surface area (Å²) in [5.41, 5.74) is 3.47. The fourth-order valence-electron chi connectivity index (χ4n) is 1.87. The first-order valence-corrected chi connectivity index (χ1v) is 7.05. The molecule has 0 radical (unpaired) electrons. The Hall–Kier alpha value is -2.74. The SMILES string of the molecule is FC(F)(F)c1cnc(N/N=C\c2cnc3ccccc3n2)c(Cl)c1. The summed E-state index contributed by atoms with van der Waals surface area (Å²) in [6, 6.07) is 8.10. The van der Waals surface area contributed by atoms with Crippen LogP contribution in [0.3, 0.4) is 0 Å². The van der Waals surface area contributed by atoms with Crippen LogP contribution < -0.4 is 5.43 Å². The van der Waals surface area contributed by atoms with Gasteiger partial charge in [0.2, 0.25) is 0 Å². The number of alkyl halides is 3. The van der Waals surface area contributed by atoms with Crippen LogP contribution in [0.2, 0.25) is 5.02 Å². The third-order valence-electron chi connectivity index (χ3n) is 3.00. The Kier molecular flexibility index (Phi) is 4.30. The minimum Gasteiger partial charge on any atom is -0.260 e. The number of rotatable bonds is 3. The van der Waals surface area contributed by atoms with Crippen LogP contribution in [0, 0.1) is 0 Å². The summed E-state index contributed by atoms with van der Waals surface area (Å²) in [5, 5.41) is 3.68. The highest BCUT2D eigenvalue weighted by Gasteiger charge is 2.31. The lowest BCUT2D eigenvalue weighted by atomic mass is 10.3. The third kappa shape index (κ3) is 3.60. The lowest BCUT2D eigenvalue weighted by Gasteiger charge is -2.08. The predicted molar refractivity (Wildman–Crippen MR) is 85.0 cm³/mol. The van der Waals surface area contributed by atoms with Gasteiger partial charge in [0, 0.05) is 6.20 Å². The van der Waals surface area contributed by atoms with Crippen molar-refractivity contribution in [3.63, 3.8) is 0 Å². The number of nitrogens with one attached hydrogen (secondary N) is 1. The Morgan fingerprint density at radius 2 is 1.83 bits per heavy atom. The Labute approximate surface area is 139 Å². The highest BCUT2D eigenvalue weighted by molar-refractivity contribution is 6.32. The van der Waals surface area contributed by atoms with Gasteiger partial charge in [-0.15, -0.1) is 0 Å². The summed E-state index contributed by atoms with van der Waals surface area (Å²) < 4.78 is 37.6. The molecule has 1 N–H and O–H groups in total. The summed E-state index contributed by atoms with van der Waals surface area (Å²) >= 11 is 5.77. The highest BCUT2D eigenvalue weighted by Crippen LogP contribution is 2.32. The van der Waals surface area contributed by atoms with E-state index in [2.05, 4.69) is 25.5 Å². The van der Waals surface area contributed by atoms with Crippen LogP contribution in [0.4, 0.5) is 19.0 Å². The number of hydrogen-bond acceptors (Lipinski definition) is 5. The van der Waals surface area contributed by atoms with Crippen molar-refractivity contribution in [1.82, 2.24) is 15.0 Å². The van der Waals surface area contributed by atoms with E-state index in [0.717, 1.165) is 11.6 Å². The van der Waals surface area contributed by atoms with Crippen molar-refractivity contribution in [3.8, 4) is 0 Å². The molecule has 0 aliphatic heterocycles. The molecule has 0 spiro atoms. The summed E-state index contributed by atoms with van der Waals surface area (Å²) in [6.07, 6.45) is -0.927. The number of anilines is 1. The molecule has 0 aliphatic carbocycles. The molecule has 5 nitrogen and oxygen atoms in total. The van der Waals surface area contributed by atoms with Crippen molar-refractivity contribution < 1.29 is 13.2 Å². The topological polar surface area (TPSA) is 63.1 Å². The standard InChI is InChI=1S/C15H9ClF3N5/c16-11-5-9(15(17,18)19)6-21-14(11)24-22-8-10-7-20-12-3-1-2-4-13(12)23-10/h1-8H,(H,21,24)/b22-8-. The second-order valence-corrected chi connectivity index (χ2v) is 5.11. The molecule has 0 aliphatic rings. The van der Waals surface area contributed by atoms with Crippen LogP contribution in [-0.2, 0) is 6.18 Å². The van der Waals surface area contributed by atoms with Crippen molar-refractivity contribution in [2.24, 2.45) is 5.10 Å². The Bertz CT molecular complexity index is 911. The van der Waals surface area contributed by atoms with Gasteiger partial charge in [-0.2, -0.15) is 18.3 Å². The van der Waals surface area contributed by atoms with E-state index in [4.69, 9.17) is 11.6 Å². The van der Waals surface area contributed by atoms with Crippen molar-refractivity contribution >= 4 is 34.7 Å². The molecular weight excluding hydrogens is 343 g/mol. The van der Waals surface area contributed by atoms with Gasteiger partial charge in [-0.05, 0) is 18.2 Å². The number of aromatic nitrogens is 3. The van der Waals surface area contributed by atoms with Crippen molar-refractivity contribution in [2.45, 2.75) is 6.18 Å². The molecule has 122 valence electrons. The van der Waals surface area contributed by atoms with Gasteiger partial charge in [0.15, 0.2) is 5.82 Å². The zero-order valence-corrected chi connectivity index (χ0v) is 12.7. The number of fused-ring (bicyclic) bond motifs is 1. The van der Waals surface area contributed by atoms with Gasteiger partial charge in [0.25, 0.3) is 0 Å².